The molecule has 0 spiro atoms. The molecule has 3 rings (SSSR count). The van der Waals surface area contributed by atoms with E-state index in [9.17, 15) is 4.79 Å². The quantitative estimate of drug-likeness (QED) is 0.817. The van der Waals surface area contributed by atoms with Crippen LogP contribution >= 0.6 is 0 Å². The third kappa shape index (κ3) is 5.43. The first-order valence-electron chi connectivity index (χ1n) is 9.92. The van der Waals surface area contributed by atoms with E-state index in [-0.39, 0.29) is 0 Å². The van der Waals surface area contributed by atoms with Crippen LogP contribution in [-0.2, 0) is 11.2 Å². The Balaban J connectivity index is 1.36. The van der Waals surface area contributed by atoms with Crippen molar-refractivity contribution in [3.8, 4) is 0 Å². The minimum Gasteiger partial charge on any atom is -0.342 e. The normalized spacial score (nSPS) is 16.4. The Bertz CT molecular complexity index is 663. The first-order valence-corrected chi connectivity index (χ1v) is 9.92. The Labute approximate surface area is 157 Å². The van der Waals surface area contributed by atoms with Gasteiger partial charge in [0.25, 0.3) is 0 Å². The van der Waals surface area contributed by atoms with Gasteiger partial charge in [0.15, 0.2) is 0 Å². The third-order valence-electron chi connectivity index (χ3n) is 5.54. The lowest BCUT2D eigenvalue weighted by molar-refractivity contribution is -0.691. The molecule has 3 heteroatoms. The van der Waals surface area contributed by atoms with Crippen LogP contribution in [0.1, 0.15) is 43.4 Å². The van der Waals surface area contributed by atoms with Crippen LogP contribution in [0.3, 0.4) is 0 Å². The Morgan fingerprint density at radius 2 is 1.65 bits per heavy atom. The van der Waals surface area contributed by atoms with Crippen LogP contribution in [0.2, 0.25) is 0 Å². The summed E-state index contributed by atoms with van der Waals surface area (Å²) in [5.74, 6) is 1.03. The number of carbonyl (C=O) groups excluding carboxylic acids is 1. The van der Waals surface area contributed by atoms with Crippen molar-refractivity contribution in [1.82, 2.24) is 4.90 Å². The summed E-state index contributed by atoms with van der Waals surface area (Å²) in [6, 6.07) is 21.6. The van der Waals surface area contributed by atoms with Crippen molar-refractivity contribution >= 4 is 5.91 Å². The maximum absolute atomic E-state index is 12.5. The van der Waals surface area contributed by atoms with Crippen molar-refractivity contribution in [3.05, 3.63) is 71.8 Å². The maximum Gasteiger partial charge on any atom is 0.228 e. The highest BCUT2D eigenvalue weighted by Gasteiger charge is 2.23. The minimum absolute atomic E-state index is 0.319. The monoisotopic (exact) mass is 351 g/mol. The molecule has 1 atom stereocenters. The molecular weight excluding hydrogens is 320 g/mol. The highest BCUT2D eigenvalue weighted by atomic mass is 16.2. The van der Waals surface area contributed by atoms with Crippen molar-refractivity contribution in [2.75, 3.05) is 19.6 Å². The van der Waals surface area contributed by atoms with E-state index in [4.69, 9.17) is 0 Å². The van der Waals surface area contributed by atoms with Crippen LogP contribution in [0.4, 0.5) is 0 Å². The molecule has 26 heavy (non-hydrogen) atoms. The molecular formula is C23H31N2O+. The molecule has 0 saturated carbocycles. The number of quaternary nitrogens is 1. The number of amides is 1. The van der Waals surface area contributed by atoms with Crippen LogP contribution in [0, 0.1) is 5.92 Å². The summed E-state index contributed by atoms with van der Waals surface area (Å²) < 4.78 is 0. The van der Waals surface area contributed by atoms with Crippen molar-refractivity contribution in [1.29, 1.82) is 0 Å². The van der Waals surface area contributed by atoms with Gasteiger partial charge in [0, 0.05) is 18.7 Å². The molecule has 2 aromatic rings. The summed E-state index contributed by atoms with van der Waals surface area (Å²) in [5, 5.41) is 2.27. The fourth-order valence-electron chi connectivity index (χ4n) is 3.84. The van der Waals surface area contributed by atoms with Gasteiger partial charge in [-0.2, -0.15) is 0 Å². The van der Waals surface area contributed by atoms with Gasteiger partial charge >= 0.3 is 0 Å². The van der Waals surface area contributed by atoms with E-state index in [1.54, 1.807) is 0 Å². The molecule has 1 saturated heterocycles. The van der Waals surface area contributed by atoms with Crippen molar-refractivity contribution in [3.63, 3.8) is 0 Å². The maximum atomic E-state index is 12.5. The molecule has 1 heterocycles. The zero-order valence-corrected chi connectivity index (χ0v) is 15.8. The zero-order valence-electron chi connectivity index (χ0n) is 15.8. The summed E-state index contributed by atoms with van der Waals surface area (Å²) in [7, 11) is 0. The SMILES string of the molecule is C[C@H]([NH2+]CCC(=O)N1CCC(Cc2ccccc2)CC1)c1ccccc1. The van der Waals surface area contributed by atoms with Crippen LogP contribution in [-0.4, -0.2) is 30.4 Å². The van der Waals surface area contributed by atoms with Gasteiger partial charge in [-0.15, -0.1) is 0 Å². The molecule has 0 aromatic heterocycles. The van der Waals surface area contributed by atoms with Gasteiger partial charge in [-0.05, 0) is 37.7 Å². The van der Waals surface area contributed by atoms with E-state index in [0.29, 0.717) is 24.3 Å². The lowest BCUT2D eigenvalue weighted by atomic mass is 9.90. The number of hydrogen-bond acceptors (Lipinski definition) is 1. The second-order valence-electron chi connectivity index (χ2n) is 7.49. The van der Waals surface area contributed by atoms with Gasteiger partial charge in [-0.25, -0.2) is 0 Å². The van der Waals surface area contributed by atoms with Crippen LogP contribution in [0.5, 0.6) is 0 Å². The summed E-state index contributed by atoms with van der Waals surface area (Å²) in [5.41, 5.74) is 2.74. The fourth-order valence-corrected chi connectivity index (χ4v) is 3.84. The van der Waals surface area contributed by atoms with E-state index in [1.165, 1.54) is 11.1 Å². The summed E-state index contributed by atoms with van der Waals surface area (Å²) in [4.78, 5) is 14.6. The van der Waals surface area contributed by atoms with Crippen molar-refractivity contribution in [2.24, 2.45) is 5.92 Å². The standard InChI is InChI=1S/C23H30N2O/c1-19(22-10-6-3-7-11-22)24-15-12-23(26)25-16-13-21(14-17-25)18-20-8-4-2-5-9-20/h2-11,19,21,24H,12-18H2,1H3/p+1/t19-/m0/s1. The lowest BCUT2D eigenvalue weighted by Gasteiger charge is -2.32. The van der Waals surface area contributed by atoms with Gasteiger partial charge < -0.3 is 10.2 Å². The predicted molar refractivity (Wildman–Crippen MR) is 106 cm³/mol. The van der Waals surface area contributed by atoms with Gasteiger partial charge in [0.1, 0.15) is 6.04 Å². The highest BCUT2D eigenvalue weighted by Crippen LogP contribution is 2.22. The Hall–Kier alpha value is -2.13. The molecule has 3 nitrogen and oxygen atoms in total. The average Bonchev–Trinajstić information content (AvgIpc) is 2.70. The number of nitrogens with zero attached hydrogens (tertiary/aromatic N) is 1. The second-order valence-corrected chi connectivity index (χ2v) is 7.49. The smallest absolute Gasteiger partial charge is 0.228 e. The summed E-state index contributed by atoms with van der Waals surface area (Å²) in [6.07, 6.45) is 4.04. The first kappa shape index (κ1) is 18.7. The predicted octanol–water partition coefficient (Wildman–Crippen LogP) is 3.18. The molecule has 138 valence electrons. The third-order valence-corrected chi connectivity index (χ3v) is 5.54. The topological polar surface area (TPSA) is 36.9 Å². The molecule has 1 amide bonds. The lowest BCUT2D eigenvalue weighted by Crippen LogP contribution is -2.85. The van der Waals surface area contributed by atoms with Crippen molar-refractivity contribution < 1.29 is 10.1 Å². The van der Waals surface area contributed by atoms with E-state index in [0.717, 1.165) is 38.9 Å². The van der Waals surface area contributed by atoms with Crippen LogP contribution in [0.25, 0.3) is 0 Å². The molecule has 0 unspecified atom stereocenters. The summed E-state index contributed by atoms with van der Waals surface area (Å²) >= 11 is 0. The van der Waals surface area contributed by atoms with Gasteiger partial charge in [-0.3, -0.25) is 4.79 Å². The summed E-state index contributed by atoms with van der Waals surface area (Å²) in [6.45, 7) is 4.91. The van der Waals surface area contributed by atoms with Crippen LogP contribution < -0.4 is 5.32 Å². The van der Waals surface area contributed by atoms with E-state index < -0.39 is 0 Å². The number of piperidine rings is 1. The van der Waals surface area contributed by atoms with E-state index in [2.05, 4.69) is 71.7 Å². The molecule has 0 radical (unpaired) electrons. The number of carbonyl (C=O) groups is 1. The Kier molecular flexibility index (Phi) is 6.84. The largest absolute Gasteiger partial charge is 0.342 e. The number of hydrogen-bond donors (Lipinski definition) is 1. The van der Waals surface area contributed by atoms with Crippen molar-refractivity contribution in [2.45, 2.75) is 38.6 Å². The number of nitrogens with two attached hydrogens (primary N) is 1. The fraction of sp³-hybridized carbons (Fsp3) is 0.435. The van der Waals surface area contributed by atoms with Gasteiger partial charge in [-0.1, -0.05) is 60.7 Å². The number of rotatable bonds is 7. The van der Waals surface area contributed by atoms with E-state index >= 15 is 0 Å². The molecule has 0 bridgehead atoms. The van der Waals surface area contributed by atoms with Gasteiger partial charge in [0.05, 0.1) is 13.0 Å². The average molecular weight is 352 g/mol. The second kappa shape index (κ2) is 9.54. The minimum atomic E-state index is 0.319. The first-order chi connectivity index (χ1) is 12.7. The molecule has 1 aliphatic heterocycles. The Morgan fingerprint density at radius 1 is 1.04 bits per heavy atom. The molecule has 2 N–H and O–H groups in total. The molecule has 0 aliphatic carbocycles. The zero-order chi connectivity index (χ0) is 18.2. The van der Waals surface area contributed by atoms with Gasteiger partial charge in [0.2, 0.25) is 5.91 Å². The number of benzene rings is 2. The highest BCUT2D eigenvalue weighted by molar-refractivity contribution is 5.76. The van der Waals surface area contributed by atoms with E-state index in [1.807, 2.05) is 6.07 Å². The Morgan fingerprint density at radius 3 is 2.31 bits per heavy atom. The molecule has 1 fully saturated rings. The molecule has 2 aromatic carbocycles. The molecule has 1 aliphatic rings. The van der Waals surface area contributed by atoms with Crippen LogP contribution in [0.15, 0.2) is 60.7 Å². The number of likely N-dealkylation sites (tertiary alicyclic amines) is 1.